The standard InChI is InChI=1S/C20H27N5O2S/c1-13(2)9-10-21-18(27)12-28-20-24-23-19(15-7-8-15)25(20)17-6-4-5-16(11-17)22-14(3)26/h4-6,11,13,15H,7-10,12H2,1-3H3,(H,21,27)(H,22,26). The van der Waals surface area contributed by atoms with E-state index in [-0.39, 0.29) is 11.8 Å². The number of aromatic nitrogens is 3. The van der Waals surface area contributed by atoms with Gasteiger partial charge in [0.25, 0.3) is 0 Å². The van der Waals surface area contributed by atoms with Crippen LogP contribution in [0.1, 0.15) is 51.8 Å². The van der Waals surface area contributed by atoms with Gasteiger partial charge >= 0.3 is 0 Å². The summed E-state index contributed by atoms with van der Waals surface area (Å²) in [4.78, 5) is 23.5. The molecule has 1 aliphatic rings. The molecule has 3 rings (SSSR count). The van der Waals surface area contributed by atoms with Crippen molar-refractivity contribution in [1.29, 1.82) is 0 Å². The van der Waals surface area contributed by atoms with Gasteiger partial charge < -0.3 is 10.6 Å². The summed E-state index contributed by atoms with van der Waals surface area (Å²) in [6, 6.07) is 7.61. The van der Waals surface area contributed by atoms with Crippen LogP contribution in [0.2, 0.25) is 0 Å². The zero-order valence-electron chi connectivity index (χ0n) is 16.6. The molecule has 8 heteroatoms. The van der Waals surface area contributed by atoms with Gasteiger partial charge in [0.15, 0.2) is 5.16 Å². The lowest BCUT2D eigenvalue weighted by molar-refractivity contribution is -0.118. The van der Waals surface area contributed by atoms with Gasteiger partial charge in [0.2, 0.25) is 11.8 Å². The molecule has 150 valence electrons. The molecule has 0 spiro atoms. The van der Waals surface area contributed by atoms with Gasteiger partial charge in [0, 0.05) is 25.1 Å². The number of benzene rings is 1. The number of hydrogen-bond donors (Lipinski definition) is 2. The van der Waals surface area contributed by atoms with E-state index in [0.29, 0.717) is 29.3 Å². The molecule has 1 aliphatic carbocycles. The Morgan fingerprint density at radius 1 is 1.29 bits per heavy atom. The quantitative estimate of drug-likeness (QED) is 0.629. The average molecular weight is 402 g/mol. The molecule has 0 aliphatic heterocycles. The average Bonchev–Trinajstić information content (AvgIpc) is 3.39. The lowest BCUT2D eigenvalue weighted by Crippen LogP contribution is -2.27. The van der Waals surface area contributed by atoms with Gasteiger partial charge in [-0.05, 0) is 43.4 Å². The lowest BCUT2D eigenvalue weighted by Gasteiger charge is -2.12. The Morgan fingerprint density at radius 3 is 2.75 bits per heavy atom. The Labute approximate surface area is 169 Å². The number of carbonyl (C=O) groups is 2. The maximum absolute atomic E-state index is 12.1. The van der Waals surface area contributed by atoms with Crippen molar-refractivity contribution < 1.29 is 9.59 Å². The van der Waals surface area contributed by atoms with Crippen LogP contribution in [0.25, 0.3) is 5.69 Å². The summed E-state index contributed by atoms with van der Waals surface area (Å²) in [6.45, 7) is 6.45. The summed E-state index contributed by atoms with van der Waals surface area (Å²) < 4.78 is 2.01. The molecule has 28 heavy (non-hydrogen) atoms. The van der Waals surface area contributed by atoms with Gasteiger partial charge in [-0.3, -0.25) is 14.2 Å². The minimum Gasteiger partial charge on any atom is -0.355 e. The van der Waals surface area contributed by atoms with Crippen LogP contribution in [0.4, 0.5) is 5.69 Å². The summed E-state index contributed by atoms with van der Waals surface area (Å²) in [6.07, 6.45) is 3.17. The number of rotatable bonds is 9. The van der Waals surface area contributed by atoms with E-state index in [1.54, 1.807) is 0 Å². The second kappa shape index (κ2) is 9.23. The van der Waals surface area contributed by atoms with Gasteiger partial charge in [0.1, 0.15) is 5.82 Å². The Morgan fingerprint density at radius 2 is 2.07 bits per heavy atom. The van der Waals surface area contributed by atoms with Crippen LogP contribution in [-0.4, -0.2) is 38.9 Å². The number of thioether (sulfide) groups is 1. The predicted octanol–water partition coefficient (Wildman–Crippen LogP) is 3.36. The molecule has 0 bridgehead atoms. The fraction of sp³-hybridized carbons (Fsp3) is 0.500. The molecular weight excluding hydrogens is 374 g/mol. The SMILES string of the molecule is CC(=O)Nc1cccc(-n2c(SCC(=O)NCCC(C)C)nnc2C2CC2)c1. The van der Waals surface area contributed by atoms with Gasteiger partial charge in [-0.1, -0.05) is 31.7 Å². The van der Waals surface area contributed by atoms with E-state index in [4.69, 9.17) is 0 Å². The van der Waals surface area contributed by atoms with Crippen LogP contribution >= 0.6 is 11.8 Å². The first-order chi connectivity index (χ1) is 13.4. The largest absolute Gasteiger partial charge is 0.355 e. The summed E-state index contributed by atoms with van der Waals surface area (Å²) in [7, 11) is 0. The monoisotopic (exact) mass is 401 g/mol. The van der Waals surface area contributed by atoms with E-state index in [2.05, 4.69) is 34.7 Å². The van der Waals surface area contributed by atoms with Crippen LogP contribution in [0, 0.1) is 5.92 Å². The number of nitrogens with zero attached hydrogens (tertiary/aromatic N) is 3. The third kappa shape index (κ3) is 5.58. The van der Waals surface area contributed by atoms with Gasteiger partial charge in [-0.25, -0.2) is 0 Å². The molecule has 1 aromatic heterocycles. The molecule has 0 radical (unpaired) electrons. The molecule has 1 aromatic carbocycles. The highest BCUT2D eigenvalue weighted by Gasteiger charge is 2.31. The minimum atomic E-state index is -0.115. The topological polar surface area (TPSA) is 88.9 Å². The van der Waals surface area contributed by atoms with Crippen molar-refractivity contribution in [1.82, 2.24) is 20.1 Å². The first-order valence-electron chi connectivity index (χ1n) is 9.67. The van der Waals surface area contributed by atoms with Crippen LogP contribution < -0.4 is 10.6 Å². The summed E-state index contributed by atoms with van der Waals surface area (Å²) in [5.74, 6) is 2.07. The Hall–Kier alpha value is -2.35. The van der Waals surface area contributed by atoms with Gasteiger partial charge in [0.05, 0.1) is 11.4 Å². The number of hydrogen-bond acceptors (Lipinski definition) is 5. The minimum absolute atomic E-state index is 0.000156. The highest BCUT2D eigenvalue weighted by atomic mass is 32.2. The second-order valence-corrected chi connectivity index (χ2v) is 8.45. The van der Waals surface area contributed by atoms with E-state index in [0.717, 1.165) is 36.5 Å². The zero-order valence-corrected chi connectivity index (χ0v) is 17.4. The van der Waals surface area contributed by atoms with Crippen molar-refractivity contribution in [3.63, 3.8) is 0 Å². The van der Waals surface area contributed by atoms with E-state index < -0.39 is 0 Å². The van der Waals surface area contributed by atoms with E-state index >= 15 is 0 Å². The smallest absolute Gasteiger partial charge is 0.230 e. The first-order valence-corrected chi connectivity index (χ1v) is 10.7. The van der Waals surface area contributed by atoms with Crippen molar-refractivity contribution in [2.45, 2.75) is 51.1 Å². The molecule has 1 heterocycles. The number of amides is 2. The normalized spacial score (nSPS) is 13.6. The molecule has 1 fully saturated rings. The Bertz CT molecular complexity index is 845. The van der Waals surface area contributed by atoms with Crippen LogP contribution in [-0.2, 0) is 9.59 Å². The molecule has 7 nitrogen and oxygen atoms in total. The Kier molecular flexibility index (Phi) is 6.72. The number of carbonyl (C=O) groups excluding carboxylic acids is 2. The summed E-state index contributed by atoms with van der Waals surface area (Å²) in [5.41, 5.74) is 1.61. The van der Waals surface area contributed by atoms with Gasteiger partial charge in [-0.15, -0.1) is 10.2 Å². The lowest BCUT2D eigenvalue weighted by atomic mass is 10.1. The fourth-order valence-corrected chi connectivity index (χ4v) is 3.62. The zero-order chi connectivity index (χ0) is 20.1. The summed E-state index contributed by atoms with van der Waals surface area (Å²) in [5, 5.41) is 15.2. The highest BCUT2D eigenvalue weighted by molar-refractivity contribution is 7.99. The van der Waals surface area contributed by atoms with Crippen molar-refractivity contribution in [3.05, 3.63) is 30.1 Å². The van der Waals surface area contributed by atoms with Crippen LogP contribution in [0.3, 0.4) is 0 Å². The maximum atomic E-state index is 12.1. The molecule has 0 atom stereocenters. The fourth-order valence-electron chi connectivity index (χ4n) is 2.83. The predicted molar refractivity (Wildman–Crippen MR) is 111 cm³/mol. The third-order valence-corrected chi connectivity index (χ3v) is 5.33. The van der Waals surface area contributed by atoms with Crippen molar-refractivity contribution in [3.8, 4) is 5.69 Å². The van der Waals surface area contributed by atoms with E-state index in [1.807, 2.05) is 28.8 Å². The van der Waals surface area contributed by atoms with Crippen molar-refractivity contribution >= 4 is 29.3 Å². The van der Waals surface area contributed by atoms with Crippen molar-refractivity contribution in [2.75, 3.05) is 17.6 Å². The number of nitrogens with one attached hydrogen (secondary N) is 2. The first kappa shape index (κ1) is 20.4. The van der Waals surface area contributed by atoms with Crippen molar-refractivity contribution in [2.24, 2.45) is 5.92 Å². The van der Waals surface area contributed by atoms with E-state index in [1.165, 1.54) is 18.7 Å². The number of anilines is 1. The summed E-state index contributed by atoms with van der Waals surface area (Å²) >= 11 is 1.38. The molecule has 1 saturated carbocycles. The molecular formula is C20H27N5O2S. The maximum Gasteiger partial charge on any atom is 0.230 e. The molecule has 2 amide bonds. The van der Waals surface area contributed by atoms with Crippen LogP contribution in [0.15, 0.2) is 29.4 Å². The highest BCUT2D eigenvalue weighted by Crippen LogP contribution is 2.41. The molecule has 0 saturated heterocycles. The third-order valence-electron chi connectivity index (χ3n) is 4.40. The van der Waals surface area contributed by atoms with Gasteiger partial charge in [-0.2, -0.15) is 0 Å². The molecule has 0 unspecified atom stereocenters. The van der Waals surface area contributed by atoms with E-state index in [9.17, 15) is 9.59 Å². The Balaban J connectivity index is 1.75. The van der Waals surface area contributed by atoms with Crippen LogP contribution in [0.5, 0.6) is 0 Å². The molecule has 2 N–H and O–H groups in total. The molecule has 2 aromatic rings. The second-order valence-electron chi connectivity index (χ2n) is 7.50.